The van der Waals surface area contributed by atoms with E-state index in [1.165, 1.54) is 5.56 Å². The molecule has 0 radical (unpaired) electrons. The lowest BCUT2D eigenvalue weighted by molar-refractivity contribution is 0.280. The van der Waals surface area contributed by atoms with Crippen LogP contribution in [0.5, 0.6) is 0 Å². The molecule has 2 fully saturated rings. The number of rotatable bonds is 2. The first kappa shape index (κ1) is 14.0. The summed E-state index contributed by atoms with van der Waals surface area (Å²) in [4.78, 5) is 9.35. The number of hydrogen-bond acceptors (Lipinski definition) is 3. The van der Waals surface area contributed by atoms with Crippen LogP contribution in [0, 0.1) is 11.8 Å². The molecule has 114 valence electrons. The van der Waals surface area contributed by atoms with Gasteiger partial charge in [0.2, 0.25) is 0 Å². The second-order valence-electron chi connectivity index (χ2n) is 6.43. The average molecular weight is 314 g/mol. The molecule has 4 rings (SSSR count). The molecule has 0 unspecified atom stereocenters. The van der Waals surface area contributed by atoms with Gasteiger partial charge in [0.1, 0.15) is 5.82 Å². The Morgan fingerprint density at radius 1 is 1.05 bits per heavy atom. The number of hydrogen-bond donors (Lipinski definition) is 0. The lowest BCUT2D eigenvalue weighted by Gasteiger charge is -2.27. The van der Waals surface area contributed by atoms with E-state index in [1.807, 2.05) is 18.3 Å². The Morgan fingerprint density at radius 2 is 1.86 bits per heavy atom. The fourth-order valence-electron chi connectivity index (χ4n) is 4.19. The number of anilines is 1. The number of likely N-dealkylation sites (tertiary alicyclic amines) is 1. The van der Waals surface area contributed by atoms with E-state index in [2.05, 4.69) is 52.2 Å². The normalized spacial score (nSPS) is 28.1. The van der Waals surface area contributed by atoms with Gasteiger partial charge in [0, 0.05) is 37.8 Å². The highest BCUT2D eigenvalue weighted by atomic mass is 35.5. The first-order valence-corrected chi connectivity index (χ1v) is 8.22. The van der Waals surface area contributed by atoms with E-state index in [0.29, 0.717) is 17.9 Å². The number of nitrogens with zero attached hydrogens (tertiary/aromatic N) is 3. The SMILES string of the molecule is CN1C[C@H]2CN(c3ncccc3Cl)C[C@H]2[C@@H]1c1ccccc1. The van der Waals surface area contributed by atoms with Crippen molar-refractivity contribution >= 4 is 17.4 Å². The van der Waals surface area contributed by atoms with Crippen LogP contribution >= 0.6 is 11.6 Å². The number of pyridine rings is 1. The third-order valence-electron chi connectivity index (χ3n) is 5.07. The molecule has 0 bridgehead atoms. The summed E-state index contributed by atoms with van der Waals surface area (Å²) < 4.78 is 0. The van der Waals surface area contributed by atoms with Crippen LogP contribution in [0.2, 0.25) is 5.02 Å². The summed E-state index contributed by atoms with van der Waals surface area (Å²) in [5.41, 5.74) is 1.42. The second-order valence-corrected chi connectivity index (χ2v) is 6.84. The fourth-order valence-corrected chi connectivity index (χ4v) is 4.43. The highest BCUT2D eigenvalue weighted by Gasteiger charge is 2.46. The highest BCUT2D eigenvalue weighted by molar-refractivity contribution is 6.32. The zero-order valence-corrected chi connectivity index (χ0v) is 13.4. The van der Waals surface area contributed by atoms with Crippen molar-refractivity contribution in [3.05, 3.63) is 59.2 Å². The minimum absolute atomic E-state index is 0.499. The van der Waals surface area contributed by atoms with Gasteiger partial charge in [0.05, 0.1) is 5.02 Å². The Hall–Kier alpha value is -1.58. The highest BCUT2D eigenvalue weighted by Crippen LogP contribution is 2.45. The summed E-state index contributed by atoms with van der Waals surface area (Å²) >= 11 is 6.33. The van der Waals surface area contributed by atoms with Crippen molar-refractivity contribution in [3.8, 4) is 0 Å². The fraction of sp³-hybridized carbons (Fsp3) is 0.389. The minimum Gasteiger partial charge on any atom is -0.355 e. The predicted octanol–water partition coefficient (Wildman–Crippen LogP) is 3.47. The molecular weight excluding hydrogens is 294 g/mol. The van der Waals surface area contributed by atoms with E-state index in [9.17, 15) is 0 Å². The molecule has 0 saturated carbocycles. The summed E-state index contributed by atoms with van der Waals surface area (Å²) in [6, 6.07) is 15.2. The average Bonchev–Trinajstić information content (AvgIpc) is 3.05. The summed E-state index contributed by atoms with van der Waals surface area (Å²) in [5, 5.41) is 0.757. The van der Waals surface area contributed by atoms with E-state index < -0.39 is 0 Å². The van der Waals surface area contributed by atoms with Crippen LogP contribution in [0.15, 0.2) is 48.7 Å². The first-order chi connectivity index (χ1) is 10.7. The van der Waals surface area contributed by atoms with Crippen molar-refractivity contribution in [3.63, 3.8) is 0 Å². The zero-order valence-electron chi connectivity index (χ0n) is 12.7. The Bertz CT molecular complexity index is 660. The van der Waals surface area contributed by atoms with Crippen molar-refractivity contribution in [2.24, 2.45) is 11.8 Å². The molecule has 0 aliphatic carbocycles. The molecule has 2 saturated heterocycles. The molecule has 0 spiro atoms. The van der Waals surface area contributed by atoms with Crippen molar-refractivity contribution in [1.82, 2.24) is 9.88 Å². The van der Waals surface area contributed by atoms with E-state index in [1.54, 1.807) is 0 Å². The number of aromatic nitrogens is 1. The van der Waals surface area contributed by atoms with Crippen molar-refractivity contribution in [1.29, 1.82) is 0 Å². The Labute approximate surface area is 136 Å². The van der Waals surface area contributed by atoms with E-state index in [-0.39, 0.29) is 0 Å². The molecule has 1 aromatic carbocycles. The Balaban J connectivity index is 1.61. The molecule has 2 aliphatic heterocycles. The number of halogens is 1. The Morgan fingerprint density at radius 3 is 2.64 bits per heavy atom. The molecule has 3 heterocycles. The minimum atomic E-state index is 0.499. The smallest absolute Gasteiger partial charge is 0.147 e. The van der Waals surface area contributed by atoms with Crippen LogP contribution in [-0.4, -0.2) is 36.6 Å². The summed E-state index contributed by atoms with van der Waals surface area (Å²) in [5.74, 6) is 2.27. The first-order valence-electron chi connectivity index (χ1n) is 7.84. The molecule has 0 amide bonds. The van der Waals surface area contributed by atoms with Gasteiger partial charge in [-0.1, -0.05) is 41.9 Å². The lowest BCUT2D eigenvalue weighted by atomic mass is 9.90. The van der Waals surface area contributed by atoms with Crippen LogP contribution in [-0.2, 0) is 0 Å². The van der Waals surface area contributed by atoms with Gasteiger partial charge in [-0.05, 0) is 30.7 Å². The second kappa shape index (κ2) is 5.56. The van der Waals surface area contributed by atoms with Crippen LogP contribution in [0.1, 0.15) is 11.6 Å². The van der Waals surface area contributed by atoms with Crippen molar-refractivity contribution in [2.45, 2.75) is 6.04 Å². The van der Waals surface area contributed by atoms with Gasteiger partial charge in [-0.2, -0.15) is 0 Å². The van der Waals surface area contributed by atoms with Crippen LogP contribution in [0.25, 0.3) is 0 Å². The van der Waals surface area contributed by atoms with E-state index in [4.69, 9.17) is 11.6 Å². The molecule has 4 heteroatoms. The quantitative estimate of drug-likeness (QED) is 0.846. The third kappa shape index (κ3) is 2.29. The summed E-state index contributed by atoms with van der Waals surface area (Å²) in [6.07, 6.45) is 1.83. The number of benzene rings is 1. The maximum absolute atomic E-state index is 6.33. The van der Waals surface area contributed by atoms with Crippen LogP contribution in [0.4, 0.5) is 5.82 Å². The van der Waals surface area contributed by atoms with Gasteiger partial charge >= 0.3 is 0 Å². The molecule has 0 N–H and O–H groups in total. The van der Waals surface area contributed by atoms with Crippen molar-refractivity contribution < 1.29 is 0 Å². The Kier molecular flexibility index (Phi) is 3.55. The maximum atomic E-state index is 6.33. The van der Waals surface area contributed by atoms with Crippen molar-refractivity contribution in [2.75, 3.05) is 31.6 Å². The molecule has 22 heavy (non-hydrogen) atoms. The number of fused-ring (bicyclic) bond motifs is 1. The third-order valence-corrected chi connectivity index (χ3v) is 5.37. The molecule has 1 aromatic heterocycles. The van der Waals surface area contributed by atoms with Gasteiger partial charge < -0.3 is 4.90 Å². The van der Waals surface area contributed by atoms with E-state index >= 15 is 0 Å². The molecule has 2 aliphatic rings. The largest absolute Gasteiger partial charge is 0.355 e. The van der Waals surface area contributed by atoms with Gasteiger partial charge in [0.25, 0.3) is 0 Å². The van der Waals surface area contributed by atoms with Gasteiger partial charge in [-0.25, -0.2) is 4.98 Å². The summed E-state index contributed by atoms with van der Waals surface area (Å²) in [6.45, 7) is 3.23. The van der Waals surface area contributed by atoms with Crippen LogP contribution in [0.3, 0.4) is 0 Å². The summed E-state index contributed by atoms with van der Waals surface area (Å²) in [7, 11) is 2.24. The van der Waals surface area contributed by atoms with E-state index in [0.717, 1.165) is 30.5 Å². The monoisotopic (exact) mass is 313 g/mol. The predicted molar refractivity (Wildman–Crippen MR) is 90.3 cm³/mol. The molecule has 3 nitrogen and oxygen atoms in total. The van der Waals surface area contributed by atoms with Gasteiger partial charge in [-0.15, -0.1) is 0 Å². The van der Waals surface area contributed by atoms with Gasteiger partial charge in [-0.3, -0.25) is 4.90 Å². The zero-order chi connectivity index (χ0) is 15.1. The molecule has 3 atom stereocenters. The van der Waals surface area contributed by atoms with Crippen LogP contribution < -0.4 is 4.90 Å². The lowest BCUT2D eigenvalue weighted by Crippen LogP contribution is -2.29. The standard InChI is InChI=1S/C18H20ClN3/c1-21-10-14-11-22(18-16(19)8-5-9-20-18)12-15(14)17(21)13-6-3-2-4-7-13/h2-9,14-15,17H,10-12H2,1H3/t14-,15+,17-/m0/s1. The maximum Gasteiger partial charge on any atom is 0.147 e. The topological polar surface area (TPSA) is 19.4 Å². The molecule has 2 aromatic rings. The molecular formula is C18H20ClN3. The van der Waals surface area contributed by atoms with Gasteiger partial charge in [0.15, 0.2) is 0 Å².